The molecule has 0 spiro atoms. The highest BCUT2D eigenvalue weighted by molar-refractivity contribution is 5.73. The first-order chi connectivity index (χ1) is 16.4. The molecule has 6 heteroatoms. The summed E-state index contributed by atoms with van der Waals surface area (Å²) < 4.78 is 69.9. The van der Waals surface area contributed by atoms with Crippen LogP contribution in [0, 0.1) is 35.1 Å². The van der Waals surface area contributed by atoms with Crippen molar-refractivity contribution >= 4 is 5.57 Å². The summed E-state index contributed by atoms with van der Waals surface area (Å²) in [6.07, 6.45) is 10.00. The van der Waals surface area contributed by atoms with Gasteiger partial charge in [-0.1, -0.05) is 50.8 Å². The molecule has 184 valence electrons. The summed E-state index contributed by atoms with van der Waals surface area (Å²) >= 11 is 0. The molecule has 0 radical (unpaired) electrons. The summed E-state index contributed by atoms with van der Waals surface area (Å²) in [6.45, 7) is 4.24. The molecule has 2 aromatic rings. The molecule has 0 bridgehead atoms. The molecule has 0 aromatic heterocycles. The van der Waals surface area contributed by atoms with Crippen LogP contribution < -0.4 is 4.74 Å². The Kier molecular flexibility index (Phi) is 7.97. The van der Waals surface area contributed by atoms with Crippen LogP contribution in [0.2, 0.25) is 0 Å². The second kappa shape index (κ2) is 10.9. The molecule has 4 rings (SSSR count). The van der Waals surface area contributed by atoms with Crippen LogP contribution in [0.5, 0.6) is 5.75 Å². The van der Waals surface area contributed by atoms with Crippen molar-refractivity contribution in [1.82, 2.24) is 0 Å². The monoisotopic (exact) mass is 476 g/mol. The molecule has 2 aromatic carbocycles. The molecule has 1 unspecified atom stereocenters. The van der Waals surface area contributed by atoms with E-state index in [4.69, 9.17) is 9.47 Å². The molecule has 2 nitrogen and oxygen atoms in total. The van der Waals surface area contributed by atoms with E-state index >= 15 is 4.39 Å². The van der Waals surface area contributed by atoms with Gasteiger partial charge in [0.15, 0.2) is 23.2 Å². The van der Waals surface area contributed by atoms with Crippen molar-refractivity contribution in [2.45, 2.75) is 64.9 Å². The SMILES string of the molecule is CCCC1CCC(C2CC=C(c3ccc(-c4ccc(OCC)c(F)c4F)c(F)c3F)CO2)CC1. The molecule has 0 amide bonds. The van der Waals surface area contributed by atoms with Gasteiger partial charge in [0.2, 0.25) is 5.82 Å². The van der Waals surface area contributed by atoms with E-state index in [0.717, 1.165) is 18.8 Å². The van der Waals surface area contributed by atoms with E-state index in [2.05, 4.69) is 6.92 Å². The van der Waals surface area contributed by atoms with Gasteiger partial charge in [-0.2, -0.15) is 4.39 Å². The zero-order valence-corrected chi connectivity index (χ0v) is 19.8. The van der Waals surface area contributed by atoms with Crippen molar-refractivity contribution in [3.8, 4) is 16.9 Å². The average molecular weight is 477 g/mol. The summed E-state index contributed by atoms with van der Waals surface area (Å²) in [7, 11) is 0. The van der Waals surface area contributed by atoms with E-state index in [1.165, 1.54) is 49.9 Å². The highest BCUT2D eigenvalue weighted by atomic mass is 19.2. The first-order valence-corrected chi connectivity index (χ1v) is 12.3. The van der Waals surface area contributed by atoms with Gasteiger partial charge in [-0.05, 0) is 55.7 Å². The van der Waals surface area contributed by atoms with Crippen molar-refractivity contribution in [1.29, 1.82) is 0 Å². The molecule has 0 saturated heterocycles. The van der Waals surface area contributed by atoms with Crippen LogP contribution in [0.3, 0.4) is 0 Å². The third-order valence-corrected chi connectivity index (χ3v) is 7.23. The van der Waals surface area contributed by atoms with Gasteiger partial charge in [-0.25, -0.2) is 13.2 Å². The van der Waals surface area contributed by atoms with Crippen LogP contribution >= 0.6 is 0 Å². The molecular formula is C28H32F4O2. The molecule has 34 heavy (non-hydrogen) atoms. The zero-order valence-electron chi connectivity index (χ0n) is 19.8. The maximum atomic E-state index is 15.0. The lowest BCUT2D eigenvalue weighted by atomic mass is 9.76. The van der Waals surface area contributed by atoms with E-state index in [1.807, 2.05) is 6.08 Å². The molecule has 1 saturated carbocycles. The van der Waals surface area contributed by atoms with Crippen LogP contribution in [-0.4, -0.2) is 19.3 Å². The van der Waals surface area contributed by atoms with Gasteiger partial charge in [0, 0.05) is 16.7 Å². The lowest BCUT2D eigenvalue weighted by Crippen LogP contribution is -2.30. The van der Waals surface area contributed by atoms with E-state index < -0.39 is 23.3 Å². The van der Waals surface area contributed by atoms with Gasteiger partial charge in [0.25, 0.3) is 0 Å². The lowest BCUT2D eigenvalue weighted by molar-refractivity contribution is 0.00859. The molecule has 1 fully saturated rings. The van der Waals surface area contributed by atoms with Crippen molar-refractivity contribution in [3.63, 3.8) is 0 Å². The van der Waals surface area contributed by atoms with Crippen LogP contribution in [0.25, 0.3) is 16.7 Å². The fourth-order valence-corrected chi connectivity index (χ4v) is 5.37. The van der Waals surface area contributed by atoms with Gasteiger partial charge in [-0.3, -0.25) is 0 Å². The third kappa shape index (κ3) is 5.02. The third-order valence-electron chi connectivity index (χ3n) is 7.23. The van der Waals surface area contributed by atoms with Gasteiger partial charge in [-0.15, -0.1) is 0 Å². The maximum absolute atomic E-state index is 15.0. The molecule has 0 N–H and O–H groups in total. The topological polar surface area (TPSA) is 18.5 Å². The summed E-state index contributed by atoms with van der Waals surface area (Å²) in [5.74, 6) is -3.72. The molecule has 1 aliphatic heterocycles. The standard InChI is InChI=1S/C28H32F4O2/c1-3-5-17-6-8-18(9-7-17)23-14-10-19(16-34-23)20-11-12-21(26(30)25(20)29)22-13-15-24(33-4-2)28(32)27(22)31/h10-13,15,17-18,23H,3-9,14,16H2,1-2H3. The largest absolute Gasteiger partial charge is 0.491 e. The molecule has 2 aliphatic rings. The minimum absolute atomic E-state index is 0.0955. The minimum Gasteiger partial charge on any atom is -0.491 e. The summed E-state index contributed by atoms with van der Waals surface area (Å²) in [5.41, 5.74) is -0.00774. The average Bonchev–Trinajstić information content (AvgIpc) is 2.85. The Morgan fingerprint density at radius 1 is 0.824 bits per heavy atom. The van der Waals surface area contributed by atoms with Crippen LogP contribution in [0.15, 0.2) is 30.3 Å². The fraction of sp³-hybridized carbons (Fsp3) is 0.500. The first kappa shape index (κ1) is 24.8. The second-order valence-electron chi connectivity index (χ2n) is 9.34. The van der Waals surface area contributed by atoms with Crippen LogP contribution in [-0.2, 0) is 4.74 Å². The van der Waals surface area contributed by atoms with Crippen LogP contribution in [0.1, 0.15) is 64.4 Å². The van der Waals surface area contributed by atoms with E-state index in [-0.39, 0.29) is 41.8 Å². The molecule has 1 heterocycles. The van der Waals surface area contributed by atoms with Crippen LogP contribution in [0.4, 0.5) is 17.6 Å². The number of hydrogen-bond acceptors (Lipinski definition) is 2. The Labute approximate surface area is 199 Å². The highest BCUT2D eigenvalue weighted by Crippen LogP contribution is 2.39. The normalized spacial score (nSPS) is 23.0. The second-order valence-corrected chi connectivity index (χ2v) is 9.34. The van der Waals surface area contributed by atoms with Gasteiger partial charge in [0.05, 0.1) is 19.3 Å². The predicted octanol–water partition coefficient (Wildman–Crippen LogP) is 8.09. The quantitative estimate of drug-likeness (QED) is 0.376. The summed E-state index contributed by atoms with van der Waals surface area (Å²) in [6, 6.07) is 5.11. The Bertz CT molecular complexity index is 1040. The first-order valence-electron chi connectivity index (χ1n) is 12.3. The number of halogens is 4. The fourth-order valence-electron chi connectivity index (χ4n) is 5.37. The van der Waals surface area contributed by atoms with Gasteiger partial charge >= 0.3 is 0 Å². The zero-order chi connectivity index (χ0) is 24.2. The Morgan fingerprint density at radius 3 is 2.06 bits per heavy atom. The Morgan fingerprint density at radius 2 is 1.44 bits per heavy atom. The Balaban J connectivity index is 1.50. The maximum Gasteiger partial charge on any atom is 0.201 e. The number of ether oxygens (including phenoxy) is 2. The number of benzene rings is 2. The molecule has 1 atom stereocenters. The molecular weight excluding hydrogens is 444 g/mol. The van der Waals surface area contributed by atoms with Crippen molar-refractivity contribution < 1.29 is 27.0 Å². The lowest BCUT2D eigenvalue weighted by Gasteiger charge is -2.35. The highest BCUT2D eigenvalue weighted by Gasteiger charge is 2.30. The predicted molar refractivity (Wildman–Crippen MR) is 126 cm³/mol. The minimum atomic E-state index is -1.27. The summed E-state index contributed by atoms with van der Waals surface area (Å²) in [5, 5.41) is 0. The van der Waals surface area contributed by atoms with E-state index in [9.17, 15) is 13.2 Å². The summed E-state index contributed by atoms with van der Waals surface area (Å²) in [4.78, 5) is 0. The van der Waals surface area contributed by atoms with E-state index in [0.29, 0.717) is 17.9 Å². The smallest absolute Gasteiger partial charge is 0.201 e. The van der Waals surface area contributed by atoms with Gasteiger partial charge in [0.1, 0.15) is 0 Å². The van der Waals surface area contributed by atoms with Crippen molar-refractivity contribution in [2.24, 2.45) is 11.8 Å². The van der Waals surface area contributed by atoms with E-state index in [1.54, 1.807) is 6.92 Å². The Hall–Kier alpha value is -2.34. The van der Waals surface area contributed by atoms with Crippen molar-refractivity contribution in [2.75, 3.05) is 13.2 Å². The molecule has 1 aliphatic carbocycles. The van der Waals surface area contributed by atoms with Crippen molar-refractivity contribution in [3.05, 3.63) is 59.2 Å². The van der Waals surface area contributed by atoms with Gasteiger partial charge < -0.3 is 9.47 Å². The number of hydrogen-bond donors (Lipinski definition) is 0. The number of rotatable bonds is 7.